The summed E-state index contributed by atoms with van der Waals surface area (Å²) in [6.07, 6.45) is 4.25. The van der Waals surface area contributed by atoms with Crippen molar-refractivity contribution in [3.8, 4) is 11.1 Å². The Bertz CT molecular complexity index is 920. The number of hydrogen-bond donors (Lipinski definition) is 0. The first-order valence-corrected chi connectivity index (χ1v) is 11.6. The maximum absolute atomic E-state index is 13.2. The molecular weight excluding hydrogens is 386 g/mol. The Hall–Kier alpha value is -2.66. The minimum Gasteiger partial charge on any atom is -0.340 e. The van der Waals surface area contributed by atoms with Crippen molar-refractivity contribution in [2.75, 3.05) is 45.8 Å². The van der Waals surface area contributed by atoms with Gasteiger partial charge in [0.2, 0.25) is 5.91 Å². The standard InChI is InChI=1S/C26H33N3O2/c1-21-7-5-8-22(19-21)23-9-6-10-24(20-23)26(31)29-14-11-25(30)28(17-18-29)16-15-27-12-3-2-4-13-27/h5-10,19-20H,2-4,11-18H2,1H3. The lowest BCUT2D eigenvalue weighted by molar-refractivity contribution is -0.130. The number of carbonyl (C=O) groups excluding carboxylic acids is 2. The van der Waals surface area contributed by atoms with E-state index in [0.717, 1.165) is 37.3 Å². The van der Waals surface area contributed by atoms with E-state index in [9.17, 15) is 9.59 Å². The van der Waals surface area contributed by atoms with E-state index in [0.29, 0.717) is 31.6 Å². The molecule has 0 N–H and O–H groups in total. The van der Waals surface area contributed by atoms with Crippen LogP contribution in [0.25, 0.3) is 11.1 Å². The first-order valence-electron chi connectivity index (χ1n) is 11.6. The smallest absolute Gasteiger partial charge is 0.253 e. The zero-order valence-electron chi connectivity index (χ0n) is 18.6. The summed E-state index contributed by atoms with van der Waals surface area (Å²) in [7, 11) is 0. The quantitative estimate of drug-likeness (QED) is 0.740. The average molecular weight is 420 g/mol. The molecule has 0 aliphatic carbocycles. The fraction of sp³-hybridized carbons (Fsp3) is 0.462. The monoisotopic (exact) mass is 419 g/mol. The molecule has 5 heteroatoms. The third-order valence-electron chi connectivity index (χ3n) is 6.47. The number of piperidine rings is 1. The number of carbonyl (C=O) groups is 2. The van der Waals surface area contributed by atoms with Crippen LogP contribution in [0.3, 0.4) is 0 Å². The molecule has 0 radical (unpaired) electrons. The lowest BCUT2D eigenvalue weighted by Gasteiger charge is -2.29. The average Bonchev–Trinajstić information content (AvgIpc) is 2.99. The number of benzene rings is 2. The molecule has 0 atom stereocenters. The molecule has 4 rings (SSSR count). The third kappa shape index (κ3) is 5.53. The van der Waals surface area contributed by atoms with E-state index in [1.54, 1.807) is 0 Å². The molecule has 2 heterocycles. The highest BCUT2D eigenvalue weighted by Gasteiger charge is 2.25. The van der Waals surface area contributed by atoms with Crippen LogP contribution in [0.5, 0.6) is 0 Å². The zero-order valence-corrected chi connectivity index (χ0v) is 18.6. The van der Waals surface area contributed by atoms with Crippen LogP contribution in [0, 0.1) is 6.92 Å². The second-order valence-corrected chi connectivity index (χ2v) is 8.78. The minimum absolute atomic E-state index is 0.0141. The Morgan fingerprint density at radius 1 is 0.839 bits per heavy atom. The second-order valence-electron chi connectivity index (χ2n) is 8.78. The number of amides is 2. The van der Waals surface area contributed by atoms with Crippen LogP contribution in [-0.2, 0) is 4.79 Å². The largest absolute Gasteiger partial charge is 0.340 e. The molecule has 2 aromatic carbocycles. The van der Waals surface area contributed by atoms with E-state index < -0.39 is 0 Å². The van der Waals surface area contributed by atoms with Crippen LogP contribution in [-0.4, -0.2) is 72.3 Å². The number of aryl methyl sites for hydroxylation is 1. The molecule has 5 nitrogen and oxygen atoms in total. The van der Waals surface area contributed by atoms with Crippen molar-refractivity contribution in [2.45, 2.75) is 32.6 Å². The Kier molecular flexibility index (Phi) is 7.03. The Morgan fingerprint density at radius 2 is 1.58 bits per heavy atom. The van der Waals surface area contributed by atoms with E-state index in [1.165, 1.54) is 24.8 Å². The van der Waals surface area contributed by atoms with E-state index >= 15 is 0 Å². The van der Waals surface area contributed by atoms with Crippen molar-refractivity contribution in [1.29, 1.82) is 0 Å². The van der Waals surface area contributed by atoms with Gasteiger partial charge in [-0.1, -0.05) is 48.4 Å². The molecule has 2 fully saturated rings. The second kappa shape index (κ2) is 10.1. The molecule has 164 valence electrons. The van der Waals surface area contributed by atoms with E-state index in [-0.39, 0.29) is 11.8 Å². The maximum Gasteiger partial charge on any atom is 0.253 e. The van der Waals surface area contributed by atoms with Gasteiger partial charge in [-0.15, -0.1) is 0 Å². The highest BCUT2D eigenvalue weighted by molar-refractivity contribution is 5.96. The molecule has 2 aliphatic heterocycles. The summed E-state index contributed by atoms with van der Waals surface area (Å²) in [6, 6.07) is 16.1. The number of rotatable bonds is 5. The summed E-state index contributed by atoms with van der Waals surface area (Å²) in [5.74, 6) is 0.181. The van der Waals surface area contributed by atoms with Gasteiger partial charge in [0.05, 0.1) is 0 Å². The van der Waals surface area contributed by atoms with Crippen LogP contribution in [0.2, 0.25) is 0 Å². The number of likely N-dealkylation sites (tertiary alicyclic amines) is 1. The van der Waals surface area contributed by atoms with Gasteiger partial charge in [-0.3, -0.25) is 9.59 Å². The highest BCUT2D eigenvalue weighted by Crippen LogP contribution is 2.22. The summed E-state index contributed by atoms with van der Waals surface area (Å²) in [4.78, 5) is 32.1. The molecular formula is C26H33N3O2. The molecule has 0 aromatic heterocycles. The fourth-order valence-electron chi connectivity index (χ4n) is 4.59. The van der Waals surface area contributed by atoms with Crippen LogP contribution in [0.4, 0.5) is 0 Å². The van der Waals surface area contributed by atoms with Gasteiger partial charge in [0, 0.05) is 44.7 Å². The Morgan fingerprint density at radius 3 is 2.35 bits per heavy atom. The number of hydrogen-bond acceptors (Lipinski definition) is 3. The maximum atomic E-state index is 13.2. The van der Waals surface area contributed by atoms with Crippen molar-refractivity contribution in [2.24, 2.45) is 0 Å². The van der Waals surface area contributed by atoms with E-state index in [4.69, 9.17) is 0 Å². The van der Waals surface area contributed by atoms with Crippen molar-refractivity contribution in [3.63, 3.8) is 0 Å². The molecule has 2 saturated heterocycles. The van der Waals surface area contributed by atoms with E-state index in [2.05, 4.69) is 30.0 Å². The normalized spacial score (nSPS) is 18.2. The van der Waals surface area contributed by atoms with Crippen molar-refractivity contribution in [1.82, 2.24) is 14.7 Å². The summed E-state index contributed by atoms with van der Waals surface area (Å²) in [5.41, 5.74) is 4.05. The van der Waals surface area contributed by atoms with Gasteiger partial charge in [0.25, 0.3) is 5.91 Å². The summed E-state index contributed by atoms with van der Waals surface area (Å²) >= 11 is 0. The van der Waals surface area contributed by atoms with Gasteiger partial charge in [-0.2, -0.15) is 0 Å². The molecule has 0 unspecified atom stereocenters. The van der Waals surface area contributed by atoms with E-state index in [1.807, 2.05) is 40.1 Å². The van der Waals surface area contributed by atoms with Crippen molar-refractivity contribution < 1.29 is 9.59 Å². The third-order valence-corrected chi connectivity index (χ3v) is 6.47. The van der Waals surface area contributed by atoms with Gasteiger partial charge in [-0.25, -0.2) is 0 Å². The van der Waals surface area contributed by atoms with Crippen molar-refractivity contribution >= 4 is 11.8 Å². The lowest BCUT2D eigenvalue weighted by Crippen LogP contribution is -2.41. The van der Waals surface area contributed by atoms with Gasteiger partial charge >= 0.3 is 0 Å². The van der Waals surface area contributed by atoms with Crippen LogP contribution < -0.4 is 0 Å². The predicted octanol–water partition coefficient (Wildman–Crippen LogP) is 3.82. The summed E-state index contributed by atoms with van der Waals surface area (Å²) < 4.78 is 0. The molecule has 2 amide bonds. The van der Waals surface area contributed by atoms with Crippen molar-refractivity contribution in [3.05, 3.63) is 59.7 Å². The molecule has 0 spiro atoms. The Balaban J connectivity index is 1.39. The fourth-order valence-corrected chi connectivity index (χ4v) is 4.59. The Labute approximate surface area is 185 Å². The van der Waals surface area contributed by atoms with Crippen LogP contribution in [0.1, 0.15) is 41.6 Å². The number of nitrogens with zero attached hydrogens (tertiary/aromatic N) is 3. The molecule has 31 heavy (non-hydrogen) atoms. The SMILES string of the molecule is Cc1cccc(-c2cccc(C(=O)N3CCC(=O)N(CCN4CCCCC4)CC3)c2)c1. The van der Waals surface area contributed by atoms with Crippen LogP contribution >= 0.6 is 0 Å². The zero-order chi connectivity index (χ0) is 21.6. The van der Waals surface area contributed by atoms with Gasteiger partial charge in [0.1, 0.15) is 0 Å². The predicted molar refractivity (Wildman–Crippen MR) is 124 cm³/mol. The summed E-state index contributed by atoms with van der Waals surface area (Å²) in [5, 5.41) is 0. The lowest BCUT2D eigenvalue weighted by atomic mass is 10.0. The molecule has 2 aromatic rings. The summed E-state index contributed by atoms with van der Waals surface area (Å²) in [6.45, 7) is 7.78. The molecule has 0 bridgehead atoms. The minimum atomic E-state index is 0.0141. The van der Waals surface area contributed by atoms with Crippen LogP contribution in [0.15, 0.2) is 48.5 Å². The molecule has 2 aliphatic rings. The first-order chi connectivity index (χ1) is 15.1. The van der Waals surface area contributed by atoms with Gasteiger partial charge in [-0.05, 0) is 56.1 Å². The molecule has 0 saturated carbocycles. The highest BCUT2D eigenvalue weighted by atomic mass is 16.2. The van der Waals surface area contributed by atoms with Gasteiger partial charge in [0.15, 0.2) is 0 Å². The topological polar surface area (TPSA) is 43.9 Å². The first kappa shape index (κ1) is 21.6. The van der Waals surface area contributed by atoms with Gasteiger partial charge < -0.3 is 14.7 Å².